The van der Waals surface area contributed by atoms with E-state index in [2.05, 4.69) is 0 Å². The van der Waals surface area contributed by atoms with Gasteiger partial charge in [-0.1, -0.05) is 12.1 Å². The van der Waals surface area contributed by atoms with Gasteiger partial charge in [-0.25, -0.2) is 9.18 Å². The van der Waals surface area contributed by atoms with E-state index in [0.717, 1.165) is 0 Å². The lowest BCUT2D eigenvalue weighted by Crippen LogP contribution is -2.55. The average molecular weight is 311 g/mol. The molecule has 0 spiro atoms. The summed E-state index contributed by atoms with van der Waals surface area (Å²) in [7, 11) is 0. The highest BCUT2D eigenvalue weighted by atomic mass is 19.1. The molecule has 1 aromatic rings. The number of nitrogens with zero attached hydrogens (tertiary/aromatic N) is 1. The number of ether oxygens (including phenoxy) is 1. The van der Waals surface area contributed by atoms with Gasteiger partial charge in [0.2, 0.25) is 0 Å². The molecule has 1 aliphatic rings. The van der Waals surface area contributed by atoms with Crippen LogP contribution in [0, 0.1) is 5.82 Å². The van der Waals surface area contributed by atoms with Crippen molar-refractivity contribution < 1.29 is 24.1 Å². The molecule has 1 aliphatic heterocycles. The van der Waals surface area contributed by atoms with Crippen LogP contribution >= 0.6 is 0 Å². The molecule has 1 amide bonds. The van der Waals surface area contributed by atoms with E-state index >= 15 is 0 Å². The molecule has 1 saturated heterocycles. The predicted octanol–water partition coefficient (Wildman–Crippen LogP) is 2.02. The van der Waals surface area contributed by atoms with E-state index in [9.17, 15) is 19.4 Å². The van der Waals surface area contributed by atoms with Gasteiger partial charge >= 0.3 is 6.09 Å². The van der Waals surface area contributed by atoms with Crippen LogP contribution in [0.4, 0.5) is 9.18 Å². The topological polar surface area (TPSA) is 70.0 Å². The van der Waals surface area contributed by atoms with Gasteiger partial charge in [0.25, 0.3) is 0 Å². The summed E-state index contributed by atoms with van der Waals surface area (Å²) in [4.78, 5) is 13.4. The van der Waals surface area contributed by atoms with Gasteiger partial charge in [0.05, 0.1) is 6.54 Å². The zero-order valence-electron chi connectivity index (χ0n) is 13.0. The van der Waals surface area contributed by atoms with Gasteiger partial charge in [-0.05, 0) is 38.5 Å². The highest BCUT2D eigenvalue weighted by Gasteiger charge is 2.43. The third kappa shape index (κ3) is 3.56. The standard InChI is InChI=1S/C16H22FNO4/c1-15(2,3)22-14(20)18-9-8-16(21,13(19)10-18)11-4-6-12(17)7-5-11/h4-7,13,19,21H,8-10H2,1-3H3/t13-,16-/m1/s1. The number of carbonyl (C=O) groups is 1. The summed E-state index contributed by atoms with van der Waals surface area (Å²) in [5.41, 5.74) is -1.68. The van der Waals surface area contributed by atoms with E-state index in [4.69, 9.17) is 4.74 Å². The number of amides is 1. The maximum Gasteiger partial charge on any atom is 0.410 e. The number of likely N-dealkylation sites (tertiary alicyclic amines) is 1. The second kappa shape index (κ2) is 5.85. The maximum absolute atomic E-state index is 13.0. The van der Waals surface area contributed by atoms with E-state index < -0.39 is 29.2 Å². The third-order valence-corrected chi connectivity index (χ3v) is 3.70. The first-order valence-corrected chi connectivity index (χ1v) is 7.26. The number of β-amino-alcohol motifs (C(OH)–C–C–N with tert-alkyl or cyclic N) is 1. The zero-order chi connectivity index (χ0) is 16.5. The largest absolute Gasteiger partial charge is 0.444 e. The number of aliphatic hydroxyl groups excluding tert-OH is 1. The average Bonchev–Trinajstić information content (AvgIpc) is 2.40. The fourth-order valence-corrected chi connectivity index (χ4v) is 2.49. The molecule has 0 aromatic heterocycles. The van der Waals surface area contributed by atoms with Gasteiger partial charge in [-0.2, -0.15) is 0 Å². The van der Waals surface area contributed by atoms with Crippen LogP contribution in [0.15, 0.2) is 24.3 Å². The molecule has 1 aromatic carbocycles. The van der Waals surface area contributed by atoms with Crippen molar-refractivity contribution >= 4 is 6.09 Å². The van der Waals surface area contributed by atoms with Crippen LogP contribution in [-0.4, -0.2) is 46.0 Å². The Kier molecular flexibility index (Phi) is 4.44. The molecule has 0 radical (unpaired) electrons. The van der Waals surface area contributed by atoms with Gasteiger partial charge in [0.1, 0.15) is 23.1 Å². The second-order valence-electron chi connectivity index (χ2n) is 6.62. The summed E-state index contributed by atoms with van der Waals surface area (Å²) < 4.78 is 18.2. The third-order valence-electron chi connectivity index (χ3n) is 3.70. The highest BCUT2D eigenvalue weighted by Crippen LogP contribution is 2.33. The fraction of sp³-hybridized carbons (Fsp3) is 0.562. The Morgan fingerprint density at radius 1 is 1.36 bits per heavy atom. The molecule has 0 bridgehead atoms. The van der Waals surface area contributed by atoms with Crippen molar-refractivity contribution in [3.05, 3.63) is 35.6 Å². The van der Waals surface area contributed by atoms with Crippen LogP contribution in [0.3, 0.4) is 0 Å². The van der Waals surface area contributed by atoms with E-state index in [1.165, 1.54) is 29.2 Å². The number of hydrogen-bond donors (Lipinski definition) is 2. The Labute approximate surface area is 129 Å². The molecular formula is C16H22FNO4. The molecular weight excluding hydrogens is 289 g/mol. The Morgan fingerprint density at radius 2 is 1.95 bits per heavy atom. The summed E-state index contributed by atoms with van der Waals surface area (Å²) >= 11 is 0. The number of carbonyl (C=O) groups excluding carboxylic acids is 1. The van der Waals surface area contributed by atoms with Gasteiger partial charge < -0.3 is 19.8 Å². The normalized spacial score (nSPS) is 25.9. The fourth-order valence-electron chi connectivity index (χ4n) is 2.49. The molecule has 1 heterocycles. The maximum atomic E-state index is 13.0. The number of benzene rings is 1. The number of rotatable bonds is 1. The lowest BCUT2D eigenvalue weighted by atomic mass is 9.82. The lowest BCUT2D eigenvalue weighted by Gasteiger charge is -2.42. The molecule has 2 rings (SSSR count). The molecule has 0 saturated carbocycles. The molecule has 5 nitrogen and oxygen atoms in total. The minimum Gasteiger partial charge on any atom is -0.444 e. The molecule has 22 heavy (non-hydrogen) atoms. The monoisotopic (exact) mass is 311 g/mol. The molecule has 2 N–H and O–H groups in total. The van der Waals surface area contributed by atoms with Crippen LogP contribution in [0.2, 0.25) is 0 Å². The number of halogens is 1. The molecule has 6 heteroatoms. The summed E-state index contributed by atoms with van der Waals surface area (Å²) in [5.74, 6) is -0.409. The van der Waals surface area contributed by atoms with Gasteiger partial charge in [-0.15, -0.1) is 0 Å². The van der Waals surface area contributed by atoms with Crippen molar-refractivity contribution in [3.8, 4) is 0 Å². The van der Waals surface area contributed by atoms with E-state index in [1.54, 1.807) is 20.8 Å². The zero-order valence-corrected chi connectivity index (χ0v) is 13.0. The Morgan fingerprint density at radius 3 is 2.45 bits per heavy atom. The summed E-state index contributed by atoms with van der Waals surface area (Å²) in [6.07, 6.45) is -1.54. The van der Waals surface area contributed by atoms with E-state index in [0.29, 0.717) is 5.56 Å². The lowest BCUT2D eigenvalue weighted by molar-refractivity contribution is -0.123. The van der Waals surface area contributed by atoms with Crippen LogP contribution in [0.5, 0.6) is 0 Å². The van der Waals surface area contributed by atoms with Gasteiger partial charge in [-0.3, -0.25) is 0 Å². The quantitative estimate of drug-likeness (QED) is 0.832. The van der Waals surface area contributed by atoms with Gasteiger partial charge in [0, 0.05) is 13.0 Å². The number of aliphatic hydroxyl groups is 2. The molecule has 2 atom stereocenters. The molecule has 0 aliphatic carbocycles. The first kappa shape index (κ1) is 16.7. The summed E-state index contributed by atoms with van der Waals surface area (Å²) in [6.45, 7) is 5.50. The van der Waals surface area contributed by atoms with Crippen molar-refractivity contribution in [2.24, 2.45) is 0 Å². The Balaban J connectivity index is 2.09. The Bertz CT molecular complexity index is 540. The van der Waals surface area contributed by atoms with Crippen LogP contribution in [-0.2, 0) is 10.3 Å². The van der Waals surface area contributed by atoms with Crippen molar-refractivity contribution in [1.82, 2.24) is 4.90 Å². The summed E-state index contributed by atoms with van der Waals surface area (Å²) in [6, 6.07) is 5.36. The van der Waals surface area contributed by atoms with Crippen LogP contribution in [0.25, 0.3) is 0 Å². The van der Waals surface area contributed by atoms with E-state index in [-0.39, 0.29) is 19.5 Å². The minimum absolute atomic E-state index is 0.0389. The predicted molar refractivity (Wildman–Crippen MR) is 78.7 cm³/mol. The summed E-state index contributed by atoms with van der Waals surface area (Å²) in [5, 5.41) is 21.0. The first-order chi connectivity index (χ1) is 10.1. The van der Waals surface area contributed by atoms with Crippen LogP contribution in [0.1, 0.15) is 32.8 Å². The van der Waals surface area contributed by atoms with Crippen LogP contribution < -0.4 is 0 Å². The first-order valence-electron chi connectivity index (χ1n) is 7.26. The minimum atomic E-state index is -1.49. The number of hydrogen-bond acceptors (Lipinski definition) is 4. The van der Waals surface area contributed by atoms with E-state index in [1.807, 2.05) is 0 Å². The Hall–Kier alpha value is -1.66. The molecule has 0 unspecified atom stereocenters. The molecule has 122 valence electrons. The smallest absolute Gasteiger partial charge is 0.410 e. The van der Waals surface area contributed by atoms with Crippen molar-refractivity contribution in [1.29, 1.82) is 0 Å². The second-order valence-corrected chi connectivity index (χ2v) is 6.62. The van der Waals surface area contributed by atoms with Gasteiger partial charge in [0.15, 0.2) is 0 Å². The SMILES string of the molecule is CC(C)(C)OC(=O)N1CC[C@@](O)(c2ccc(F)cc2)[C@H](O)C1. The van der Waals surface area contributed by atoms with Crippen molar-refractivity contribution in [2.75, 3.05) is 13.1 Å². The molecule has 1 fully saturated rings. The van der Waals surface area contributed by atoms with Crippen molar-refractivity contribution in [2.45, 2.75) is 44.5 Å². The van der Waals surface area contributed by atoms with Crippen molar-refractivity contribution in [3.63, 3.8) is 0 Å². The number of piperidine rings is 1. The highest BCUT2D eigenvalue weighted by molar-refractivity contribution is 5.68.